The molecule has 1 saturated heterocycles. The first-order valence-corrected chi connectivity index (χ1v) is 8.67. The molecule has 0 saturated carbocycles. The summed E-state index contributed by atoms with van der Waals surface area (Å²) in [5.41, 5.74) is 2.82. The van der Waals surface area contributed by atoms with E-state index in [9.17, 15) is 9.18 Å². The van der Waals surface area contributed by atoms with Crippen molar-refractivity contribution in [2.24, 2.45) is 0 Å². The van der Waals surface area contributed by atoms with E-state index in [0.29, 0.717) is 30.3 Å². The first-order chi connectivity index (χ1) is 12.1. The van der Waals surface area contributed by atoms with Crippen molar-refractivity contribution in [3.05, 3.63) is 65.5 Å². The number of nitrogens with zero attached hydrogens (tertiary/aromatic N) is 1. The summed E-state index contributed by atoms with van der Waals surface area (Å²) < 4.78 is 13.1. The highest BCUT2D eigenvalue weighted by Crippen LogP contribution is 2.15. The van der Waals surface area contributed by atoms with Gasteiger partial charge in [-0.25, -0.2) is 4.39 Å². The zero-order chi connectivity index (χ0) is 17.6. The van der Waals surface area contributed by atoms with Gasteiger partial charge in [0, 0.05) is 31.7 Å². The number of carbonyl (C=O) groups is 1. The van der Waals surface area contributed by atoms with Gasteiger partial charge in [0.1, 0.15) is 5.82 Å². The number of amides is 1. The van der Waals surface area contributed by atoms with Gasteiger partial charge >= 0.3 is 0 Å². The highest BCUT2D eigenvalue weighted by molar-refractivity contribution is 7.80. The summed E-state index contributed by atoms with van der Waals surface area (Å²) in [5.74, 6) is -0.0700. The van der Waals surface area contributed by atoms with Crippen molar-refractivity contribution in [3.63, 3.8) is 0 Å². The van der Waals surface area contributed by atoms with Gasteiger partial charge < -0.3 is 15.5 Å². The fraction of sp³-hybridized carbons (Fsp3) is 0.263. The second-order valence-electron chi connectivity index (χ2n) is 6.05. The number of carbonyl (C=O) groups excluding carboxylic acids is 1. The Morgan fingerprint density at radius 1 is 1.16 bits per heavy atom. The lowest BCUT2D eigenvalue weighted by atomic mass is 10.1. The lowest BCUT2D eigenvalue weighted by Gasteiger charge is -2.16. The van der Waals surface area contributed by atoms with Crippen LogP contribution < -0.4 is 10.6 Å². The molecule has 3 rings (SSSR count). The van der Waals surface area contributed by atoms with E-state index in [1.54, 1.807) is 12.1 Å². The molecule has 1 aliphatic heterocycles. The average molecular weight is 357 g/mol. The van der Waals surface area contributed by atoms with E-state index < -0.39 is 0 Å². The van der Waals surface area contributed by atoms with Gasteiger partial charge in [-0.05, 0) is 48.0 Å². The second kappa shape index (κ2) is 8.07. The monoisotopic (exact) mass is 357 g/mol. The molecule has 0 radical (unpaired) electrons. The Bertz CT molecular complexity index is 764. The van der Waals surface area contributed by atoms with E-state index in [-0.39, 0.29) is 11.7 Å². The first kappa shape index (κ1) is 17.4. The minimum absolute atomic E-state index is 0.236. The van der Waals surface area contributed by atoms with Crippen LogP contribution in [0.25, 0.3) is 0 Å². The Hall–Kier alpha value is -2.47. The average Bonchev–Trinajstić information content (AvgIpc) is 2.99. The van der Waals surface area contributed by atoms with Gasteiger partial charge in [0.05, 0.1) is 0 Å². The lowest BCUT2D eigenvalue weighted by molar-refractivity contribution is -0.128. The van der Waals surface area contributed by atoms with Crippen LogP contribution >= 0.6 is 12.2 Å². The van der Waals surface area contributed by atoms with E-state index in [1.165, 1.54) is 12.1 Å². The standard InChI is InChI=1S/C19H20FN3OS/c20-16-3-1-4-17(11-16)22-19(25)21-12-14-6-8-15(9-7-14)13-23-10-2-5-18(23)24/h1,3-4,6-9,11H,2,5,10,12-13H2,(H2,21,22,25). The zero-order valence-corrected chi connectivity index (χ0v) is 14.6. The molecule has 130 valence electrons. The maximum atomic E-state index is 13.1. The van der Waals surface area contributed by atoms with Gasteiger partial charge in [0.15, 0.2) is 5.11 Å². The highest BCUT2D eigenvalue weighted by Gasteiger charge is 2.19. The van der Waals surface area contributed by atoms with E-state index >= 15 is 0 Å². The Balaban J connectivity index is 1.48. The number of benzene rings is 2. The van der Waals surface area contributed by atoms with Crippen LogP contribution in [0, 0.1) is 5.82 Å². The normalized spacial score (nSPS) is 13.8. The molecular formula is C19H20FN3OS. The molecule has 0 aromatic heterocycles. The molecule has 2 aromatic rings. The fourth-order valence-corrected chi connectivity index (χ4v) is 2.97. The number of hydrogen-bond acceptors (Lipinski definition) is 2. The SMILES string of the molecule is O=C1CCCN1Cc1ccc(CNC(=S)Nc2cccc(F)c2)cc1. The second-order valence-corrected chi connectivity index (χ2v) is 6.46. The minimum Gasteiger partial charge on any atom is -0.358 e. The number of anilines is 1. The molecule has 4 nitrogen and oxygen atoms in total. The van der Waals surface area contributed by atoms with E-state index in [1.807, 2.05) is 29.2 Å². The minimum atomic E-state index is -0.306. The van der Waals surface area contributed by atoms with Gasteiger partial charge in [-0.3, -0.25) is 4.79 Å². The van der Waals surface area contributed by atoms with Crippen molar-refractivity contribution >= 4 is 28.9 Å². The maximum absolute atomic E-state index is 13.1. The molecule has 2 aromatic carbocycles. The van der Waals surface area contributed by atoms with Crippen molar-refractivity contribution in [2.45, 2.75) is 25.9 Å². The van der Waals surface area contributed by atoms with Crippen LogP contribution in [0.2, 0.25) is 0 Å². The summed E-state index contributed by atoms with van der Waals surface area (Å²) in [4.78, 5) is 13.6. The number of thiocarbonyl (C=S) groups is 1. The topological polar surface area (TPSA) is 44.4 Å². The van der Waals surface area contributed by atoms with Crippen LogP contribution in [0.15, 0.2) is 48.5 Å². The molecule has 1 heterocycles. The summed E-state index contributed by atoms with van der Waals surface area (Å²) in [6.07, 6.45) is 1.62. The van der Waals surface area contributed by atoms with Crippen LogP contribution in [0.5, 0.6) is 0 Å². The van der Waals surface area contributed by atoms with E-state index in [2.05, 4.69) is 10.6 Å². The molecule has 0 unspecified atom stereocenters. The summed E-state index contributed by atoms with van der Waals surface area (Å²) in [7, 11) is 0. The Morgan fingerprint density at radius 3 is 2.60 bits per heavy atom. The number of rotatable bonds is 5. The molecule has 2 N–H and O–H groups in total. The Labute approximate surface area is 152 Å². The Morgan fingerprint density at radius 2 is 1.92 bits per heavy atom. The smallest absolute Gasteiger partial charge is 0.222 e. The number of nitrogens with one attached hydrogen (secondary N) is 2. The van der Waals surface area contributed by atoms with Gasteiger partial charge in [-0.1, -0.05) is 30.3 Å². The van der Waals surface area contributed by atoms with Crippen LogP contribution in [-0.2, 0) is 17.9 Å². The summed E-state index contributed by atoms with van der Waals surface area (Å²) in [6, 6.07) is 14.3. The molecule has 1 fully saturated rings. The van der Waals surface area contributed by atoms with Crippen LogP contribution in [0.3, 0.4) is 0 Å². The maximum Gasteiger partial charge on any atom is 0.222 e. The molecule has 1 amide bonds. The largest absolute Gasteiger partial charge is 0.358 e. The third-order valence-corrected chi connectivity index (χ3v) is 4.35. The highest BCUT2D eigenvalue weighted by atomic mass is 32.1. The van der Waals surface area contributed by atoms with Crippen LogP contribution in [-0.4, -0.2) is 22.5 Å². The van der Waals surface area contributed by atoms with E-state index in [0.717, 1.165) is 24.1 Å². The van der Waals surface area contributed by atoms with Crippen molar-refractivity contribution < 1.29 is 9.18 Å². The van der Waals surface area contributed by atoms with Crippen LogP contribution in [0.4, 0.5) is 10.1 Å². The number of hydrogen-bond donors (Lipinski definition) is 2. The summed E-state index contributed by atoms with van der Waals surface area (Å²) >= 11 is 5.22. The van der Waals surface area contributed by atoms with E-state index in [4.69, 9.17) is 12.2 Å². The quantitative estimate of drug-likeness (QED) is 0.805. The third-order valence-electron chi connectivity index (χ3n) is 4.10. The van der Waals surface area contributed by atoms with Crippen molar-refractivity contribution in [1.29, 1.82) is 0 Å². The number of halogens is 1. The molecule has 6 heteroatoms. The zero-order valence-electron chi connectivity index (χ0n) is 13.8. The molecule has 0 aliphatic carbocycles. The molecular weight excluding hydrogens is 337 g/mol. The molecule has 0 bridgehead atoms. The van der Waals surface area contributed by atoms with Gasteiger partial charge in [0.25, 0.3) is 0 Å². The predicted octanol–water partition coefficient (Wildman–Crippen LogP) is 3.43. The molecule has 0 atom stereocenters. The van der Waals surface area contributed by atoms with Gasteiger partial charge in [-0.15, -0.1) is 0 Å². The Kier molecular flexibility index (Phi) is 5.60. The lowest BCUT2D eigenvalue weighted by Crippen LogP contribution is -2.28. The van der Waals surface area contributed by atoms with Crippen LogP contribution in [0.1, 0.15) is 24.0 Å². The first-order valence-electron chi connectivity index (χ1n) is 8.26. The van der Waals surface area contributed by atoms with Crippen molar-refractivity contribution in [3.8, 4) is 0 Å². The fourth-order valence-electron chi connectivity index (χ4n) is 2.78. The number of likely N-dealkylation sites (tertiary alicyclic amines) is 1. The summed E-state index contributed by atoms with van der Waals surface area (Å²) in [5, 5.41) is 6.50. The molecule has 25 heavy (non-hydrogen) atoms. The predicted molar refractivity (Wildman–Crippen MR) is 101 cm³/mol. The van der Waals surface area contributed by atoms with Gasteiger partial charge in [0.2, 0.25) is 5.91 Å². The molecule has 1 aliphatic rings. The third kappa shape index (κ3) is 5.00. The van der Waals surface area contributed by atoms with Crippen molar-refractivity contribution in [2.75, 3.05) is 11.9 Å². The van der Waals surface area contributed by atoms with Gasteiger partial charge in [-0.2, -0.15) is 0 Å². The molecule has 0 spiro atoms. The summed E-state index contributed by atoms with van der Waals surface area (Å²) in [6.45, 7) is 2.10. The van der Waals surface area contributed by atoms with Crippen molar-refractivity contribution in [1.82, 2.24) is 10.2 Å².